The molecule has 1 aromatic heterocycles. The maximum absolute atomic E-state index is 13.1. The number of fused-ring (bicyclic) bond motifs is 3. The summed E-state index contributed by atoms with van der Waals surface area (Å²) in [6, 6.07) is 16.5. The molecule has 2 amide bonds. The smallest absolute Gasteiger partial charge is 0.408 e. The van der Waals surface area contributed by atoms with Crippen LogP contribution in [0.1, 0.15) is 49.0 Å². The zero-order chi connectivity index (χ0) is 25.2. The number of hydrogen-bond acceptors (Lipinski definition) is 5. The van der Waals surface area contributed by atoms with Crippen molar-refractivity contribution in [1.82, 2.24) is 20.4 Å². The summed E-state index contributed by atoms with van der Waals surface area (Å²) < 4.78 is 7.07. The second-order valence-corrected chi connectivity index (χ2v) is 9.23. The SMILES string of the molecule is Cn1nccc1C(NC(=O)OCC1c2ccccc2-c2ccccc21)C(=O)NC(C)(C)CC(=O)O. The van der Waals surface area contributed by atoms with Crippen molar-refractivity contribution in [3.8, 4) is 11.1 Å². The molecule has 1 aliphatic carbocycles. The third-order valence-electron chi connectivity index (χ3n) is 6.08. The van der Waals surface area contributed by atoms with Crippen LogP contribution in [0.15, 0.2) is 60.8 Å². The minimum absolute atomic E-state index is 0.101. The lowest BCUT2D eigenvalue weighted by atomic mass is 9.98. The lowest BCUT2D eigenvalue weighted by Gasteiger charge is -2.27. The van der Waals surface area contributed by atoms with Gasteiger partial charge in [-0.1, -0.05) is 48.5 Å². The third-order valence-corrected chi connectivity index (χ3v) is 6.08. The Hall–Kier alpha value is -4.14. The number of benzene rings is 2. The minimum atomic E-state index is -1.12. The summed E-state index contributed by atoms with van der Waals surface area (Å²) in [4.78, 5) is 37.1. The van der Waals surface area contributed by atoms with Gasteiger partial charge in [0.25, 0.3) is 0 Å². The summed E-state index contributed by atoms with van der Waals surface area (Å²) in [5.41, 5.74) is 3.80. The molecular weight excluding hydrogens is 448 g/mol. The monoisotopic (exact) mass is 476 g/mol. The van der Waals surface area contributed by atoms with E-state index in [-0.39, 0.29) is 18.9 Å². The highest BCUT2D eigenvalue weighted by molar-refractivity contribution is 5.87. The van der Waals surface area contributed by atoms with Gasteiger partial charge in [0.1, 0.15) is 6.61 Å². The maximum atomic E-state index is 13.1. The number of nitrogens with one attached hydrogen (secondary N) is 2. The molecule has 182 valence electrons. The minimum Gasteiger partial charge on any atom is -0.481 e. The number of alkyl carbamates (subject to hydrolysis) is 1. The van der Waals surface area contributed by atoms with Crippen LogP contribution in [0.25, 0.3) is 11.1 Å². The Morgan fingerprint density at radius 2 is 1.66 bits per heavy atom. The number of hydrogen-bond donors (Lipinski definition) is 3. The second kappa shape index (κ2) is 9.61. The summed E-state index contributed by atoms with van der Waals surface area (Å²) in [7, 11) is 1.65. The Morgan fingerprint density at radius 1 is 1.06 bits per heavy atom. The first-order chi connectivity index (χ1) is 16.7. The predicted octanol–water partition coefficient (Wildman–Crippen LogP) is 3.37. The van der Waals surface area contributed by atoms with Gasteiger partial charge in [0.2, 0.25) is 5.91 Å². The number of ether oxygens (including phenoxy) is 1. The number of aromatic nitrogens is 2. The standard InChI is InChI=1S/C26H28N4O5/c1-26(2,14-22(31)32)29-24(33)23(21-12-13-27-30(21)3)28-25(34)35-15-20-18-10-6-4-8-16(18)17-9-5-7-11-19(17)20/h4-13,20,23H,14-15H2,1-3H3,(H,28,34)(H,29,33)(H,31,32). The molecule has 3 N–H and O–H groups in total. The summed E-state index contributed by atoms with van der Waals surface area (Å²) in [5, 5.41) is 18.5. The van der Waals surface area contributed by atoms with Gasteiger partial charge < -0.3 is 20.5 Å². The Bertz CT molecular complexity index is 1220. The van der Waals surface area contributed by atoms with Crippen molar-refractivity contribution in [2.75, 3.05) is 6.61 Å². The van der Waals surface area contributed by atoms with Crippen molar-refractivity contribution in [3.63, 3.8) is 0 Å². The van der Waals surface area contributed by atoms with Crippen molar-refractivity contribution in [1.29, 1.82) is 0 Å². The second-order valence-electron chi connectivity index (χ2n) is 9.23. The topological polar surface area (TPSA) is 123 Å². The van der Waals surface area contributed by atoms with Gasteiger partial charge in [-0.15, -0.1) is 0 Å². The summed E-state index contributed by atoms with van der Waals surface area (Å²) in [6.07, 6.45) is 0.475. The zero-order valence-corrected chi connectivity index (χ0v) is 19.8. The van der Waals surface area contributed by atoms with Crippen LogP contribution in [0, 0.1) is 0 Å². The van der Waals surface area contributed by atoms with Gasteiger partial charge in [0, 0.05) is 24.7 Å². The van der Waals surface area contributed by atoms with E-state index in [0.717, 1.165) is 22.3 Å². The first-order valence-corrected chi connectivity index (χ1v) is 11.3. The first kappa shape index (κ1) is 24.0. The number of rotatable bonds is 8. The van der Waals surface area contributed by atoms with Gasteiger partial charge in [0.15, 0.2) is 6.04 Å². The van der Waals surface area contributed by atoms with Crippen LogP contribution >= 0.6 is 0 Å². The number of carboxylic acid groups (broad SMARTS) is 1. The molecule has 0 saturated heterocycles. The molecule has 0 saturated carbocycles. The van der Waals surface area contributed by atoms with Crippen molar-refractivity contribution < 1.29 is 24.2 Å². The van der Waals surface area contributed by atoms with Crippen molar-refractivity contribution in [2.45, 2.75) is 37.8 Å². The molecule has 9 nitrogen and oxygen atoms in total. The van der Waals surface area contributed by atoms with E-state index in [1.54, 1.807) is 27.0 Å². The number of carboxylic acids is 1. The van der Waals surface area contributed by atoms with Crippen molar-refractivity contribution in [3.05, 3.63) is 77.6 Å². The van der Waals surface area contributed by atoms with E-state index in [0.29, 0.717) is 5.69 Å². The molecule has 1 atom stereocenters. The molecule has 0 bridgehead atoms. The highest BCUT2D eigenvalue weighted by atomic mass is 16.5. The van der Waals surface area contributed by atoms with E-state index in [1.165, 1.54) is 10.9 Å². The third kappa shape index (κ3) is 5.18. The largest absolute Gasteiger partial charge is 0.481 e. The van der Waals surface area contributed by atoms with E-state index >= 15 is 0 Å². The Balaban J connectivity index is 1.49. The predicted molar refractivity (Wildman–Crippen MR) is 129 cm³/mol. The Labute approximate surface area is 203 Å². The Morgan fingerprint density at radius 3 is 2.20 bits per heavy atom. The lowest BCUT2D eigenvalue weighted by Crippen LogP contribution is -2.50. The summed E-state index contributed by atoms with van der Waals surface area (Å²) in [6.45, 7) is 3.31. The van der Waals surface area contributed by atoms with Crippen LogP contribution in [0.3, 0.4) is 0 Å². The molecule has 1 heterocycles. The number of amides is 2. The molecule has 35 heavy (non-hydrogen) atoms. The maximum Gasteiger partial charge on any atom is 0.408 e. The van der Waals surface area contributed by atoms with Gasteiger partial charge in [-0.05, 0) is 42.2 Å². The summed E-state index contributed by atoms with van der Waals surface area (Å²) >= 11 is 0. The Kier molecular flexibility index (Phi) is 6.59. The average molecular weight is 477 g/mol. The van der Waals surface area contributed by atoms with Crippen LogP contribution in [0.4, 0.5) is 4.79 Å². The van der Waals surface area contributed by atoms with Gasteiger partial charge in [0.05, 0.1) is 12.1 Å². The van der Waals surface area contributed by atoms with Crippen LogP contribution < -0.4 is 10.6 Å². The number of aliphatic carboxylic acids is 1. The van der Waals surface area contributed by atoms with Crippen LogP contribution in [0.2, 0.25) is 0 Å². The number of carbonyl (C=O) groups is 3. The summed E-state index contributed by atoms with van der Waals surface area (Å²) in [5.74, 6) is -1.73. The number of carbonyl (C=O) groups excluding carboxylic acids is 2. The molecule has 0 radical (unpaired) electrons. The van der Waals surface area contributed by atoms with E-state index < -0.39 is 29.6 Å². The van der Waals surface area contributed by atoms with E-state index in [9.17, 15) is 14.4 Å². The molecule has 0 spiro atoms. The highest BCUT2D eigenvalue weighted by Gasteiger charge is 2.33. The molecule has 0 aliphatic heterocycles. The normalized spacial score (nSPS) is 13.5. The van der Waals surface area contributed by atoms with Gasteiger partial charge in [-0.3, -0.25) is 14.3 Å². The van der Waals surface area contributed by atoms with E-state index in [2.05, 4.69) is 27.9 Å². The zero-order valence-electron chi connectivity index (χ0n) is 19.8. The number of nitrogens with zero attached hydrogens (tertiary/aromatic N) is 2. The average Bonchev–Trinajstić information content (AvgIpc) is 3.36. The molecule has 4 rings (SSSR count). The molecule has 9 heteroatoms. The fourth-order valence-corrected chi connectivity index (χ4v) is 4.53. The highest BCUT2D eigenvalue weighted by Crippen LogP contribution is 2.44. The molecular formula is C26H28N4O5. The van der Waals surface area contributed by atoms with Crippen LogP contribution in [0.5, 0.6) is 0 Å². The van der Waals surface area contributed by atoms with Gasteiger partial charge in [-0.25, -0.2) is 4.79 Å². The van der Waals surface area contributed by atoms with Gasteiger partial charge >= 0.3 is 12.1 Å². The van der Waals surface area contributed by atoms with E-state index in [4.69, 9.17) is 9.84 Å². The van der Waals surface area contributed by atoms with Crippen LogP contribution in [-0.2, 0) is 21.4 Å². The first-order valence-electron chi connectivity index (χ1n) is 11.3. The molecule has 1 unspecified atom stereocenters. The fourth-order valence-electron chi connectivity index (χ4n) is 4.53. The molecule has 3 aromatic rings. The lowest BCUT2D eigenvalue weighted by molar-refractivity contribution is -0.138. The van der Waals surface area contributed by atoms with Crippen LogP contribution in [-0.4, -0.2) is 45.0 Å². The molecule has 2 aromatic carbocycles. The number of aryl methyl sites for hydroxylation is 1. The van der Waals surface area contributed by atoms with Crippen molar-refractivity contribution >= 4 is 18.0 Å². The fraction of sp³-hybridized carbons (Fsp3) is 0.308. The quantitative estimate of drug-likeness (QED) is 0.458. The molecule has 1 aliphatic rings. The molecule has 0 fully saturated rings. The van der Waals surface area contributed by atoms with Gasteiger partial charge in [-0.2, -0.15) is 5.10 Å². The van der Waals surface area contributed by atoms with E-state index in [1.807, 2.05) is 36.4 Å². The van der Waals surface area contributed by atoms with Crippen molar-refractivity contribution in [2.24, 2.45) is 7.05 Å².